The molecule has 2 rings (SSSR count). The summed E-state index contributed by atoms with van der Waals surface area (Å²) in [4.78, 5) is 0. The molecule has 0 bridgehead atoms. The van der Waals surface area contributed by atoms with E-state index in [2.05, 4.69) is 5.32 Å². The number of rotatable bonds is 7. The van der Waals surface area contributed by atoms with Gasteiger partial charge in [0, 0.05) is 25.3 Å². The molecular formula is C16H25NO4. The lowest BCUT2D eigenvalue weighted by Crippen LogP contribution is -2.39. The molecule has 5 nitrogen and oxygen atoms in total. The van der Waals surface area contributed by atoms with Crippen LogP contribution < -0.4 is 14.8 Å². The average Bonchev–Trinajstić information content (AvgIpc) is 2.99. The number of hydrogen-bond acceptors (Lipinski definition) is 5. The Kier molecular flexibility index (Phi) is 5.85. The van der Waals surface area contributed by atoms with Crippen LogP contribution in [0.25, 0.3) is 0 Å². The van der Waals surface area contributed by atoms with Gasteiger partial charge in [-0.15, -0.1) is 0 Å². The number of ether oxygens (including phenoxy) is 3. The van der Waals surface area contributed by atoms with Gasteiger partial charge in [-0.25, -0.2) is 0 Å². The number of hydrogen-bond donors (Lipinski definition) is 2. The van der Waals surface area contributed by atoms with Crippen LogP contribution in [0, 0.1) is 0 Å². The second-order valence-corrected chi connectivity index (χ2v) is 5.34. The third-order valence-corrected chi connectivity index (χ3v) is 4.12. The monoisotopic (exact) mass is 295 g/mol. The van der Waals surface area contributed by atoms with Crippen molar-refractivity contribution in [3.63, 3.8) is 0 Å². The summed E-state index contributed by atoms with van der Waals surface area (Å²) < 4.78 is 16.0. The van der Waals surface area contributed by atoms with E-state index in [-0.39, 0.29) is 6.10 Å². The SMILES string of the molecule is COc1ccc(OC)c(C(O)CNC2CCCC2OC)c1. The number of benzene rings is 1. The highest BCUT2D eigenvalue weighted by atomic mass is 16.5. The van der Waals surface area contributed by atoms with E-state index in [4.69, 9.17) is 14.2 Å². The molecule has 0 spiro atoms. The van der Waals surface area contributed by atoms with Crippen LogP contribution in [0.2, 0.25) is 0 Å². The molecule has 0 radical (unpaired) electrons. The van der Waals surface area contributed by atoms with Crippen LogP contribution in [0.15, 0.2) is 18.2 Å². The molecule has 0 amide bonds. The van der Waals surface area contributed by atoms with Gasteiger partial charge in [0.1, 0.15) is 11.5 Å². The maximum atomic E-state index is 10.4. The lowest BCUT2D eigenvalue weighted by molar-refractivity contribution is 0.0777. The summed E-state index contributed by atoms with van der Waals surface area (Å²) in [5.74, 6) is 1.38. The molecular weight excluding hydrogens is 270 g/mol. The van der Waals surface area contributed by atoms with Crippen LogP contribution in [-0.4, -0.2) is 45.1 Å². The second-order valence-electron chi connectivity index (χ2n) is 5.34. The van der Waals surface area contributed by atoms with E-state index in [1.54, 1.807) is 21.3 Å². The first-order valence-electron chi connectivity index (χ1n) is 7.35. The van der Waals surface area contributed by atoms with Gasteiger partial charge in [0.25, 0.3) is 0 Å². The van der Waals surface area contributed by atoms with Gasteiger partial charge in [0.05, 0.1) is 26.4 Å². The number of methoxy groups -OCH3 is 3. The highest BCUT2D eigenvalue weighted by Gasteiger charge is 2.27. The first kappa shape index (κ1) is 16.1. The fraction of sp³-hybridized carbons (Fsp3) is 0.625. The summed E-state index contributed by atoms with van der Waals surface area (Å²) in [7, 11) is 4.95. The normalized spacial score (nSPS) is 23.0. The van der Waals surface area contributed by atoms with Gasteiger partial charge >= 0.3 is 0 Å². The molecule has 1 aromatic rings. The Bertz CT molecular complexity index is 452. The summed E-state index contributed by atoms with van der Waals surface area (Å²) in [5.41, 5.74) is 0.733. The van der Waals surface area contributed by atoms with E-state index >= 15 is 0 Å². The van der Waals surface area contributed by atoms with Crippen LogP contribution in [0.3, 0.4) is 0 Å². The van der Waals surface area contributed by atoms with E-state index in [0.717, 1.165) is 24.8 Å². The average molecular weight is 295 g/mol. The molecule has 1 aliphatic carbocycles. The Morgan fingerprint density at radius 3 is 2.71 bits per heavy atom. The van der Waals surface area contributed by atoms with Gasteiger partial charge < -0.3 is 24.6 Å². The van der Waals surface area contributed by atoms with E-state index in [1.165, 1.54) is 0 Å². The molecule has 3 unspecified atom stereocenters. The van der Waals surface area contributed by atoms with Crippen LogP contribution >= 0.6 is 0 Å². The smallest absolute Gasteiger partial charge is 0.124 e. The van der Waals surface area contributed by atoms with Crippen molar-refractivity contribution < 1.29 is 19.3 Å². The lowest BCUT2D eigenvalue weighted by Gasteiger charge is -2.22. The highest BCUT2D eigenvalue weighted by Crippen LogP contribution is 2.29. The van der Waals surface area contributed by atoms with E-state index < -0.39 is 6.10 Å². The summed E-state index contributed by atoms with van der Waals surface area (Å²) in [6.07, 6.45) is 2.92. The van der Waals surface area contributed by atoms with Gasteiger partial charge in [0.15, 0.2) is 0 Å². The molecule has 0 aliphatic heterocycles. The third-order valence-electron chi connectivity index (χ3n) is 4.12. The number of aliphatic hydroxyl groups excluding tert-OH is 1. The molecule has 1 saturated carbocycles. The largest absolute Gasteiger partial charge is 0.497 e. The summed E-state index contributed by atoms with van der Waals surface area (Å²) >= 11 is 0. The highest BCUT2D eigenvalue weighted by molar-refractivity contribution is 5.41. The van der Waals surface area contributed by atoms with Gasteiger partial charge in [-0.05, 0) is 37.5 Å². The standard InChI is InChI=1S/C16H25NO4/c1-19-11-7-8-15(20-2)12(9-11)14(18)10-17-13-5-4-6-16(13)21-3/h7-9,13-14,16-18H,4-6,10H2,1-3H3. The molecule has 1 aliphatic rings. The van der Waals surface area contributed by atoms with Crippen LogP contribution in [0.4, 0.5) is 0 Å². The van der Waals surface area contributed by atoms with Crippen molar-refractivity contribution in [2.45, 2.75) is 37.5 Å². The van der Waals surface area contributed by atoms with Crippen molar-refractivity contribution in [1.82, 2.24) is 5.32 Å². The predicted octanol–water partition coefficient (Wildman–Crippen LogP) is 1.89. The van der Waals surface area contributed by atoms with Crippen LogP contribution in [-0.2, 0) is 4.74 Å². The molecule has 21 heavy (non-hydrogen) atoms. The Balaban J connectivity index is 2.00. The van der Waals surface area contributed by atoms with Gasteiger partial charge in [-0.1, -0.05) is 0 Å². The Hall–Kier alpha value is -1.30. The zero-order valence-electron chi connectivity index (χ0n) is 13.0. The number of nitrogens with one attached hydrogen (secondary N) is 1. The first-order valence-corrected chi connectivity index (χ1v) is 7.35. The third kappa shape index (κ3) is 3.87. The Morgan fingerprint density at radius 2 is 2.05 bits per heavy atom. The van der Waals surface area contributed by atoms with E-state index in [0.29, 0.717) is 24.1 Å². The second kappa shape index (κ2) is 7.64. The summed E-state index contributed by atoms with van der Waals surface area (Å²) in [5, 5.41) is 13.8. The molecule has 5 heteroatoms. The minimum absolute atomic E-state index is 0.240. The van der Waals surface area contributed by atoms with Crippen LogP contribution in [0.5, 0.6) is 11.5 Å². The molecule has 0 aromatic heterocycles. The van der Waals surface area contributed by atoms with Gasteiger partial charge in [-0.3, -0.25) is 0 Å². The van der Waals surface area contributed by atoms with E-state index in [9.17, 15) is 5.11 Å². The maximum absolute atomic E-state index is 10.4. The molecule has 1 fully saturated rings. The maximum Gasteiger partial charge on any atom is 0.124 e. The minimum atomic E-state index is -0.645. The molecule has 118 valence electrons. The van der Waals surface area contributed by atoms with Crippen molar-refractivity contribution in [3.05, 3.63) is 23.8 Å². The Morgan fingerprint density at radius 1 is 1.24 bits per heavy atom. The van der Waals surface area contributed by atoms with Gasteiger partial charge in [-0.2, -0.15) is 0 Å². The van der Waals surface area contributed by atoms with E-state index in [1.807, 2.05) is 18.2 Å². The fourth-order valence-electron chi connectivity index (χ4n) is 2.91. The van der Waals surface area contributed by atoms with Crippen molar-refractivity contribution in [2.75, 3.05) is 27.9 Å². The zero-order valence-corrected chi connectivity index (χ0v) is 13.0. The Labute approximate surface area is 126 Å². The minimum Gasteiger partial charge on any atom is -0.497 e. The van der Waals surface area contributed by atoms with Crippen molar-refractivity contribution in [3.8, 4) is 11.5 Å². The van der Waals surface area contributed by atoms with Gasteiger partial charge in [0.2, 0.25) is 0 Å². The molecule has 2 N–H and O–H groups in total. The topological polar surface area (TPSA) is 60.0 Å². The quantitative estimate of drug-likeness (QED) is 0.804. The summed E-state index contributed by atoms with van der Waals surface area (Å²) in [6.45, 7) is 0.466. The van der Waals surface area contributed by atoms with Crippen molar-refractivity contribution in [2.24, 2.45) is 0 Å². The number of aliphatic hydroxyl groups is 1. The lowest BCUT2D eigenvalue weighted by atomic mass is 10.1. The molecule has 0 saturated heterocycles. The zero-order chi connectivity index (χ0) is 15.2. The van der Waals surface area contributed by atoms with Crippen molar-refractivity contribution >= 4 is 0 Å². The first-order chi connectivity index (χ1) is 10.2. The molecule has 3 atom stereocenters. The van der Waals surface area contributed by atoms with Crippen molar-refractivity contribution in [1.29, 1.82) is 0 Å². The fourth-order valence-corrected chi connectivity index (χ4v) is 2.91. The summed E-state index contributed by atoms with van der Waals surface area (Å²) in [6, 6.07) is 5.75. The molecule has 0 heterocycles. The predicted molar refractivity (Wildman–Crippen MR) is 80.9 cm³/mol. The molecule has 1 aromatic carbocycles. The van der Waals surface area contributed by atoms with Crippen LogP contribution in [0.1, 0.15) is 30.9 Å².